The first-order chi connectivity index (χ1) is 9.24. The van der Waals surface area contributed by atoms with Gasteiger partial charge < -0.3 is 10.2 Å². The van der Waals surface area contributed by atoms with E-state index in [1.807, 2.05) is 12.4 Å². The largest absolute Gasteiger partial charge is 0.384 e. The van der Waals surface area contributed by atoms with Gasteiger partial charge in [-0.3, -0.25) is 9.88 Å². The Morgan fingerprint density at radius 3 is 2.58 bits per heavy atom. The molecule has 0 spiro atoms. The molecule has 0 aromatic carbocycles. The first-order valence-corrected chi connectivity index (χ1v) is 7.42. The van der Waals surface area contributed by atoms with Crippen LogP contribution in [0.15, 0.2) is 18.5 Å². The zero-order valence-electron chi connectivity index (χ0n) is 12.4. The van der Waals surface area contributed by atoms with Crippen LogP contribution in [0.5, 0.6) is 0 Å². The van der Waals surface area contributed by atoms with Gasteiger partial charge in [0.05, 0.1) is 23.8 Å². The third-order valence-corrected chi connectivity index (χ3v) is 4.00. The Kier molecular flexibility index (Phi) is 5.02. The number of hydrogen-bond donors (Lipinski definition) is 1. The lowest BCUT2D eigenvalue weighted by Crippen LogP contribution is -2.49. The Morgan fingerprint density at radius 2 is 1.95 bits per heavy atom. The minimum Gasteiger partial charge on any atom is -0.384 e. The van der Waals surface area contributed by atoms with E-state index in [-0.39, 0.29) is 0 Å². The van der Waals surface area contributed by atoms with E-state index in [4.69, 9.17) is 0 Å². The van der Waals surface area contributed by atoms with Crippen LogP contribution in [-0.2, 0) is 0 Å². The fraction of sp³-hybridized carbons (Fsp3) is 0.667. The Morgan fingerprint density at radius 1 is 1.21 bits per heavy atom. The molecule has 0 bridgehead atoms. The summed E-state index contributed by atoms with van der Waals surface area (Å²) in [5, 5.41) is 3.32. The molecule has 4 heteroatoms. The van der Waals surface area contributed by atoms with Crippen molar-refractivity contribution in [3.05, 3.63) is 18.5 Å². The fourth-order valence-electron chi connectivity index (χ4n) is 2.58. The van der Waals surface area contributed by atoms with Crippen LogP contribution in [0.2, 0.25) is 0 Å². The third kappa shape index (κ3) is 3.60. The van der Waals surface area contributed by atoms with Crippen LogP contribution in [0.4, 0.5) is 11.4 Å². The number of hydrogen-bond acceptors (Lipinski definition) is 4. The lowest BCUT2D eigenvalue weighted by Gasteiger charge is -2.38. The number of pyridine rings is 1. The Hall–Kier alpha value is -1.29. The summed E-state index contributed by atoms with van der Waals surface area (Å²) in [5.41, 5.74) is 2.35. The summed E-state index contributed by atoms with van der Waals surface area (Å²) >= 11 is 0. The van der Waals surface area contributed by atoms with Crippen molar-refractivity contribution in [2.75, 3.05) is 42.9 Å². The standard InChI is InChI=1S/C15H26N4/c1-4-13(3)18-6-8-19(9-7-18)15-10-14(17-5-2)11-16-12-15/h10-13,17H,4-9H2,1-3H3. The first-order valence-electron chi connectivity index (χ1n) is 7.42. The number of piperazine rings is 1. The van der Waals surface area contributed by atoms with E-state index < -0.39 is 0 Å². The van der Waals surface area contributed by atoms with Gasteiger partial charge in [0.1, 0.15) is 0 Å². The molecule has 0 aliphatic carbocycles. The van der Waals surface area contributed by atoms with Crippen molar-refractivity contribution in [1.82, 2.24) is 9.88 Å². The number of nitrogens with zero attached hydrogens (tertiary/aromatic N) is 3. The minimum atomic E-state index is 0.702. The molecule has 106 valence electrons. The molecule has 4 nitrogen and oxygen atoms in total. The van der Waals surface area contributed by atoms with Gasteiger partial charge >= 0.3 is 0 Å². The van der Waals surface area contributed by atoms with Crippen LogP contribution < -0.4 is 10.2 Å². The smallest absolute Gasteiger partial charge is 0.0574 e. The van der Waals surface area contributed by atoms with Crippen molar-refractivity contribution in [2.45, 2.75) is 33.2 Å². The second kappa shape index (κ2) is 6.75. The number of aromatic nitrogens is 1. The van der Waals surface area contributed by atoms with Crippen LogP contribution in [-0.4, -0.2) is 48.6 Å². The van der Waals surface area contributed by atoms with Crippen molar-refractivity contribution in [3.63, 3.8) is 0 Å². The molecule has 1 saturated heterocycles. The average Bonchev–Trinajstić information content (AvgIpc) is 2.47. The lowest BCUT2D eigenvalue weighted by atomic mass is 10.2. The lowest BCUT2D eigenvalue weighted by molar-refractivity contribution is 0.193. The molecule has 1 aromatic rings. The van der Waals surface area contributed by atoms with E-state index in [1.165, 1.54) is 12.1 Å². The minimum absolute atomic E-state index is 0.702. The molecule has 1 atom stereocenters. The summed E-state index contributed by atoms with van der Waals surface area (Å²) in [5.74, 6) is 0. The zero-order chi connectivity index (χ0) is 13.7. The highest BCUT2D eigenvalue weighted by Crippen LogP contribution is 2.20. The monoisotopic (exact) mass is 262 g/mol. The molecule has 0 amide bonds. The van der Waals surface area contributed by atoms with E-state index in [0.29, 0.717) is 6.04 Å². The summed E-state index contributed by atoms with van der Waals surface area (Å²) in [4.78, 5) is 9.35. The van der Waals surface area contributed by atoms with Crippen LogP contribution in [0.1, 0.15) is 27.2 Å². The van der Waals surface area contributed by atoms with Gasteiger partial charge in [-0.15, -0.1) is 0 Å². The Labute approximate surface area is 116 Å². The van der Waals surface area contributed by atoms with Crippen molar-refractivity contribution in [2.24, 2.45) is 0 Å². The number of nitrogens with one attached hydrogen (secondary N) is 1. The van der Waals surface area contributed by atoms with Crippen LogP contribution >= 0.6 is 0 Å². The van der Waals surface area contributed by atoms with Crippen LogP contribution in [0.25, 0.3) is 0 Å². The molecular formula is C15H26N4. The summed E-state index contributed by atoms with van der Waals surface area (Å²) < 4.78 is 0. The van der Waals surface area contributed by atoms with Crippen molar-refractivity contribution in [1.29, 1.82) is 0 Å². The van der Waals surface area contributed by atoms with Crippen molar-refractivity contribution in [3.8, 4) is 0 Å². The highest BCUT2D eigenvalue weighted by molar-refractivity contribution is 5.55. The van der Waals surface area contributed by atoms with Crippen LogP contribution in [0.3, 0.4) is 0 Å². The molecule has 1 aliphatic rings. The van der Waals surface area contributed by atoms with Gasteiger partial charge in [0, 0.05) is 38.8 Å². The summed E-state index contributed by atoms with van der Waals surface area (Å²) in [6, 6.07) is 2.91. The molecule has 19 heavy (non-hydrogen) atoms. The highest BCUT2D eigenvalue weighted by atomic mass is 15.3. The maximum absolute atomic E-state index is 4.33. The van der Waals surface area contributed by atoms with E-state index in [9.17, 15) is 0 Å². The molecule has 1 fully saturated rings. The summed E-state index contributed by atoms with van der Waals surface area (Å²) in [6.45, 7) is 12.1. The fourth-order valence-corrected chi connectivity index (χ4v) is 2.58. The molecule has 1 unspecified atom stereocenters. The normalized spacial score (nSPS) is 18.4. The number of rotatable bonds is 5. The molecule has 1 N–H and O–H groups in total. The molecule has 0 radical (unpaired) electrons. The molecule has 1 aromatic heterocycles. The Balaban J connectivity index is 1.95. The summed E-state index contributed by atoms with van der Waals surface area (Å²) in [7, 11) is 0. The van der Waals surface area contributed by atoms with E-state index in [0.717, 1.165) is 38.4 Å². The molecule has 2 heterocycles. The topological polar surface area (TPSA) is 31.4 Å². The van der Waals surface area contributed by atoms with Gasteiger partial charge in [0.15, 0.2) is 0 Å². The van der Waals surface area contributed by atoms with E-state index >= 15 is 0 Å². The predicted molar refractivity (Wildman–Crippen MR) is 81.9 cm³/mol. The molecule has 0 saturated carbocycles. The molecule has 2 rings (SSSR count). The van der Waals surface area contributed by atoms with E-state index in [2.05, 4.69) is 46.9 Å². The van der Waals surface area contributed by atoms with Crippen molar-refractivity contribution < 1.29 is 0 Å². The van der Waals surface area contributed by atoms with Gasteiger partial charge in [-0.2, -0.15) is 0 Å². The van der Waals surface area contributed by atoms with Gasteiger partial charge in [-0.1, -0.05) is 6.92 Å². The Bertz CT molecular complexity index is 385. The summed E-state index contributed by atoms with van der Waals surface area (Å²) in [6.07, 6.45) is 5.10. The third-order valence-electron chi connectivity index (χ3n) is 4.00. The van der Waals surface area contributed by atoms with Crippen molar-refractivity contribution >= 4 is 11.4 Å². The first kappa shape index (κ1) is 14.1. The molecule has 1 aliphatic heterocycles. The second-order valence-electron chi connectivity index (χ2n) is 5.24. The SMILES string of the molecule is CCNc1cncc(N2CCN(C(C)CC)CC2)c1. The van der Waals surface area contributed by atoms with E-state index in [1.54, 1.807) is 0 Å². The average molecular weight is 262 g/mol. The maximum atomic E-state index is 4.33. The maximum Gasteiger partial charge on any atom is 0.0574 e. The van der Waals surface area contributed by atoms with Gasteiger partial charge in [-0.05, 0) is 26.3 Å². The predicted octanol–water partition coefficient (Wildman–Crippen LogP) is 2.43. The quantitative estimate of drug-likeness (QED) is 0.883. The van der Waals surface area contributed by atoms with Gasteiger partial charge in [0.25, 0.3) is 0 Å². The van der Waals surface area contributed by atoms with Gasteiger partial charge in [-0.25, -0.2) is 0 Å². The number of anilines is 2. The highest BCUT2D eigenvalue weighted by Gasteiger charge is 2.20. The molecular weight excluding hydrogens is 236 g/mol. The van der Waals surface area contributed by atoms with Crippen LogP contribution in [0, 0.1) is 0 Å². The zero-order valence-corrected chi connectivity index (χ0v) is 12.4. The second-order valence-corrected chi connectivity index (χ2v) is 5.24. The van der Waals surface area contributed by atoms with Gasteiger partial charge in [0.2, 0.25) is 0 Å².